The second-order valence-electron chi connectivity index (χ2n) is 5.17. The molecule has 0 bridgehead atoms. The molecule has 0 aromatic carbocycles. The molecule has 1 aliphatic heterocycles. The molecular weight excluding hydrogens is 220 g/mol. The van der Waals surface area contributed by atoms with Gasteiger partial charge in [-0.25, -0.2) is 0 Å². The molecule has 1 heterocycles. The van der Waals surface area contributed by atoms with Crippen molar-refractivity contribution in [2.75, 3.05) is 26.4 Å². The Hall–Kier alpha value is -0.650. The van der Waals surface area contributed by atoms with Crippen molar-refractivity contribution >= 4 is 5.91 Å². The number of rotatable bonds is 6. The molecule has 0 aliphatic carbocycles. The van der Waals surface area contributed by atoms with E-state index in [4.69, 9.17) is 9.84 Å². The normalized spacial score (nSPS) is 18.1. The molecule has 0 aromatic rings. The number of amides is 1. The molecule has 0 saturated carbocycles. The summed E-state index contributed by atoms with van der Waals surface area (Å²) in [5.41, 5.74) is -0.207. The van der Waals surface area contributed by atoms with Crippen molar-refractivity contribution in [1.82, 2.24) is 10.6 Å². The summed E-state index contributed by atoms with van der Waals surface area (Å²) in [4.78, 5) is 11.7. The Kier molecular flexibility index (Phi) is 5.88. The summed E-state index contributed by atoms with van der Waals surface area (Å²) in [6.07, 6.45) is 2.43. The molecule has 1 rings (SSSR count). The van der Waals surface area contributed by atoms with Gasteiger partial charge in [0.1, 0.15) is 0 Å². The molecule has 3 N–H and O–H groups in total. The molecule has 0 radical (unpaired) electrons. The second-order valence-corrected chi connectivity index (χ2v) is 5.17. The van der Waals surface area contributed by atoms with Gasteiger partial charge in [0.05, 0.1) is 6.54 Å². The number of ether oxygens (including phenoxy) is 1. The lowest BCUT2D eigenvalue weighted by Gasteiger charge is -2.27. The van der Waals surface area contributed by atoms with E-state index in [1.54, 1.807) is 0 Å². The average molecular weight is 244 g/mol. The standard InChI is InChI=1S/C12H24N2O3/c1-12(2,5-6-15)13-9-11(16)14-10-3-7-17-8-4-10/h10,13,15H,3-9H2,1-2H3,(H,14,16). The summed E-state index contributed by atoms with van der Waals surface area (Å²) in [5, 5.41) is 15.0. The van der Waals surface area contributed by atoms with Crippen LogP contribution >= 0.6 is 0 Å². The first-order valence-corrected chi connectivity index (χ1v) is 6.26. The highest BCUT2D eigenvalue weighted by molar-refractivity contribution is 5.78. The Bertz CT molecular complexity index is 238. The molecule has 5 nitrogen and oxygen atoms in total. The molecule has 5 heteroatoms. The Morgan fingerprint density at radius 1 is 1.41 bits per heavy atom. The van der Waals surface area contributed by atoms with Crippen LogP contribution in [0.1, 0.15) is 33.1 Å². The summed E-state index contributed by atoms with van der Waals surface area (Å²) < 4.78 is 5.23. The van der Waals surface area contributed by atoms with Crippen molar-refractivity contribution in [2.45, 2.75) is 44.7 Å². The van der Waals surface area contributed by atoms with E-state index in [-0.39, 0.29) is 24.1 Å². The van der Waals surface area contributed by atoms with E-state index in [1.807, 2.05) is 13.8 Å². The largest absolute Gasteiger partial charge is 0.396 e. The molecule has 1 aliphatic rings. The zero-order chi connectivity index (χ0) is 12.7. The predicted octanol–water partition coefficient (Wildman–Crippen LogP) is 0.0322. The Morgan fingerprint density at radius 3 is 2.65 bits per heavy atom. The summed E-state index contributed by atoms with van der Waals surface area (Å²) in [5.74, 6) is 0.0166. The SMILES string of the molecule is CC(C)(CCO)NCC(=O)NC1CCOCC1. The predicted molar refractivity (Wildman–Crippen MR) is 65.8 cm³/mol. The number of hydrogen-bond donors (Lipinski definition) is 3. The fourth-order valence-corrected chi connectivity index (χ4v) is 1.81. The van der Waals surface area contributed by atoms with Crippen molar-refractivity contribution in [2.24, 2.45) is 0 Å². The molecule has 1 fully saturated rings. The van der Waals surface area contributed by atoms with Crippen LogP contribution in [0.5, 0.6) is 0 Å². The minimum absolute atomic E-state index is 0.0166. The average Bonchev–Trinajstić information content (AvgIpc) is 2.28. The van der Waals surface area contributed by atoms with Crippen molar-refractivity contribution in [1.29, 1.82) is 0 Å². The Balaban J connectivity index is 2.20. The van der Waals surface area contributed by atoms with Gasteiger partial charge in [0.15, 0.2) is 0 Å². The number of aliphatic hydroxyl groups excluding tert-OH is 1. The summed E-state index contributed by atoms with van der Waals surface area (Å²) >= 11 is 0. The Labute approximate surface area is 103 Å². The smallest absolute Gasteiger partial charge is 0.234 e. The van der Waals surface area contributed by atoms with Crippen molar-refractivity contribution in [3.8, 4) is 0 Å². The maximum absolute atomic E-state index is 11.7. The van der Waals surface area contributed by atoms with Gasteiger partial charge in [-0.2, -0.15) is 0 Å². The number of hydrogen-bond acceptors (Lipinski definition) is 4. The topological polar surface area (TPSA) is 70.6 Å². The van der Waals surface area contributed by atoms with Crippen LogP contribution in [0.2, 0.25) is 0 Å². The summed E-state index contributed by atoms with van der Waals surface area (Å²) in [6.45, 7) is 5.84. The van der Waals surface area contributed by atoms with E-state index in [1.165, 1.54) is 0 Å². The summed E-state index contributed by atoms with van der Waals surface area (Å²) in [7, 11) is 0. The quantitative estimate of drug-likeness (QED) is 0.616. The fourth-order valence-electron chi connectivity index (χ4n) is 1.81. The number of carbonyl (C=O) groups is 1. The highest BCUT2D eigenvalue weighted by Crippen LogP contribution is 2.07. The lowest BCUT2D eigenvalue weighted by Crippen LogP contribution is -2.48. The van der Waals surface area contributed by atoms with Gasteiger partial charge in [0.25, 0.3) is 0 Å². The lowest BCUT2D eigenvalue weighted by atomic mass is 10.0. The van der Waals surface area contributed by atoms with Gasteiger partial charge in [-0.3, -0.25) is 4.79 Å². The summed E-state index contributed by atoms with van der Waals surface area (Å²) in [6, 6.07) is 0.249. The van der Waals surface area contributed by atoms with Crippen LogP contribution in [0.3, 0.4) is 0 Å². The first kappa shape index (κ1) is 14.4. The minimum Gasteiger partial charge on any atom is -0.396 e. The first-order chi connectivity index (χ1) is 8.03. The van der Waals surface area contributed by atoms with Gasteiger partial charge in [-0.15, -0.1) is 0 Å². The van der Waals surface area contributed by atoms with Crippen molar-refractivity contribution in [3.05, 3.63) is 0 Å². The molecule has 100 valence electrons. The molecule has 17 heavy (non-hydrogen) atoms. The third-order valence-electron chi connectivity index (χ3n) is 3.05. The third kappa shape index (κ3) is 6.00. The van der Waals surface area contributed by atoms with E-state index in [0.29, 0.717) is 13.0 Å². The molecule has 0 atom stereocenters. The van der Waals surface area contributed by atoms with Crippen LogP contribution in [0, 0.1) is 0 Å². The van der Waals surface area contributed by atoms with Crippen LogP contribution in [0.4, 0.5) is 0 Å². The monoisotopic (exact) mass is 244 g/mol. The zero-order valence-corrected chi connectivity index (χ0v) is 10.8. The van der Waals surface area contributed by atoms with Gasteiger partial charge in [-0.1, -0.05) is 0 Å². The molecule has 0 aromatic heterocycles. The van der Waals surface area contributed by atoms with Crippen LogP contribution in [-0.2, 0) is 9.53 Å². The van der Waals surface area contributed by atoms with Crippen LogP contribution in [-0.4, -0.2) is 49.0 Å². The fraction of sp³-hybridized carbons (Fsp3) is 0.917. The first-order valence-electron chi connectivity index (χ1n) is 6.26. The van der Waals surface area contributed by atoms with E-state index in [0.717, 1.165) is 26.1 Å². The molecule has 0 spiro atoms. The van der Waals surface area contributed by atoms with Gasteiger partial charge in [0.2, 0.25) is 5.91 Å². The molecular formula is C12H24N2O3. The van der Waals surface area contributed by atoms with Gasteiger partial charge in [-0.05, 0) is 33.1 Å². The molecule has 1 saturated heterocycles. The Morgan fingerprint density at radius 2 is 2.06 bits per heavy atom. The maximum Gasteiger partial charge on any atom is 0.234 e. The van der Waals surface area contributed by atoms with E-state index < -0.39 is 0 Å². The van der Waals surface area contributed by atoms with Crippen LogP contribution < -0.4 is 10.6 Å². The highest BCUT2D eigenvalue weighted by atomic mass is 16.5. The van der Waals surface area contributed by atoms with E-state index in [9.17, 15) is 4.79 Å². The minimum atomic E-state index is -0.207. The van der Waals surface area contributed by atoms with Gasteiger partial charge < -0.3 is 20.5 Å². The number of carbonyl (C=O) groups excluding carboxylic acids is 1. The van der Waals surface area contributed by atoms with Crippen molar-refractivity contribution < 1.29 is 14.6 Å². The number of nitrogens with one attached hydrogen (secondary N) is 2. The third-order valence-corrected chi connectivity index (χ3v) is 3.05. The highest BCUT2D eigenvalue weighted by Gasteiger charge is 2.19. The van der Waals surface area contributed by atoms with Crippen LogP contribution in [0.25, 0.3) is 0 Å². The zero-order valence-electron chi connectivity index (χ0n) is 10.8. The van der Waals surface area contributed by atoms with Crippen LogP contribution in [0.15, 0.2) is 0 Å². The maximum atomic E-state index is 11.7. The lowest BCUT2D eigenvalue weighted by molar-refractivity contribution is -0.121. The molecule has 1 amide bonds. The van der Waals surface area contributed by atoms with Gasteiger partial charge in [0, 0.05) is 31.4 Å². The van der Waals surface area contributed by atoms with Gasteiger partial charge >= 0.3 is 0 Å². The van der Waals surface area contributed by atoms with E-state index >= 15 is 0 Å². The van der Waals surface area contributed by atoms with E-state index in [2.05, 4.69) is 10.6 Å². The molecule has 0 unspecified atom stereocenters. The van der Waals surface area contributed by atoms with Crippen molar-refractivity contribution in [3.63, 3.8) is 0 Å². The number of aliphatic hydroxyl groups is 1. The second kappa shape index (κ2) is 6.93.